The largest absolute Gasteiger partial charge is 0.387 e. The van der Waals surface area contributed by atoms with E-state index in [-0.39, 0.29) is 17.5 Å². The highest BCUT2D eigenvalue weighted by Gasteiger charge is 2.26. The molecule has 5 heteroatoms. The van der Waals surface area contributed by atoms with E-state index in [1.807, 2.05) is 13.8 Å². The maximum Gasteiger partial charge on any atom is 0.129 e. The zero-order valence-corrected chi connectivity index (χ0v) is 11.5. The van der Waals surface area contributed by atoms with E-state index in [0.717, 1.165) is 18.2 Å². The number of methoxy groups -OCH3 is 1. The summed E-state index contributed by atoms with van der Waals surface area (Å²) in [6, 6.07) is 2.73. The summed E-state index contributed by atoms with van der Waals surface area (Å²) in [6.07, 6.45) is -1.10. The number of hydrogen-bond donors (Lipinski definition) is 2. The first-order chi connectivity index (χ1) is 8.97. The number of benzene rings is 1. The Morgan fingerprint density at radius 1 is 1.32 bits per heavy atom. The van der Waals surface area contributed by atoms with Crippen LogP contribution in [0.1, 0.15) is 25.5 Å². The van der Waals surface area contributed by atoms with Crippen molar-refractivity contribution in [3.05, 3.63) is 35.4 Å². The number of halogens is 2. The number of aliphatic hydroxyl groups excluding tert-OH is 1. The molecule has 3 nitrogen and oxygen atoms in total. The highest BCUT2D eigenvalue weighted by atomic mass is 19.1. The molecule has 0 aliphatic heterocycles. The van der Waals surface area contributed by atoms with Gasteiger partial charge in [-0.1, -0.05) is 13.8 Å². The molecule has 0 fully saturated rings. The lowest BCUT2D eigenvalue weighted by molar-refractivity contribution is 0.0945. The van der Waals surface area contributed by atoms with Crippen molar-refractivity contribution in [3.63, 3.8) is 0 Å². The second-order valence-electron chi connectivity index (χ2n) is 4.83. The molecule has 0 saturated heterocycles. The van der Waals surface area contributed by atoms with E-state index >= 15 is 0 Å². The summed E-state index contributed by atoms with van der Waals surface area (Å²) in [5.41, 5.74) is -0.0244. The highest BCUT2D eigenvalue weighted by molar-refractivity contribution is 5.22. The summed E-state index contributed by atoms with van der Waals surface area (Å²) < 4.78 is 31.7. The molecule has 0 aliphatic rings. The van der Waals surface area contributed by atoms with Crippen molar-refractivity contribution in [3.8, 4) is 0 Å². The van der Waals surface area contributed by atoms with Gasteiger partial charge in [0.25, 0.3) is 0 Å². The average Bonchev–Trinajstić information content (AvgIpc) is 2.36. The first-order valence-corrected chi connectivity index (χ1v) is 6.32. The summed E-state index contributed by atoms with van der Waals surface area (Å²) in [5.74, 6) is -1.10. The van der Waals surface area contributed by atoms with Crippen LogP contribution in [0.5, 0.6) is 0 Å². The van der Waals surface area contributed by atoms with Crippen molar-refractivity contribution in [2.75, 3.05) is 20.3 Å². The van der Waals surface area contributed by atoms with Gasteiger partial charge in [0.05, 0.1) is 12.7 Å². The van der Waals surface area contributed by atoms with Gasteiger partial charge in [0.1, 0.15) is 11.6 Å². The van der Waals surface area contributed by atoms with Gasteiger partial charge in [-0.2, -0.15) is 0 Å². The molecule has 2 unspecified atom stereocenters. The van der Waals surface area contributed by atoms with Gasteiger partial charge in [-0.3, -0.25) is 0 Å². The minimum Gasteiger partial charge on any atom is -0.387 e. The molecule has 1 aromatic carbocycles. The molecule has 0 aliphatic carbocycles. The maximum atomic E-state index is 13.7. The highest BCUT2D eigenvalue weighted by Crippen LogP contribution is 2.25. The molecule has 0 aromatic heterocycles. The fourth-order valence-electron chi connectivity index (χ4n) is 1.97. The van der Waals surface area contributed by atoms with Gasteiger partial charge in [-0.05, 0) is 24.1 Å². The first-order valence-electron chi connectivity index (χ1n) is 6.32. The Labute approximate surface area is 112 Å². The Kier molecular flexibility index (Phi) is 6.34. The van der Waals surface area contributed by atoms with Gasteiger partial charge in [0, 0.05) is 25.3 Å². The predicted octanol–water partition coefficient (Wildman–Crippen LogP) is 2.26. The SMILES string of the molecule is COCCNC(C(C)C)C(O)c1cc(F)ccc1F. The number of aliphatic hydroxyl groups is 1. The zero-order valence-electron chi connectivity index (χ0n) is 11.5. The number of hydrogen-bond acceptors (Lipinski definition) is 3. The van der Waals surface area contributed by atoms with Gasteiger partial charge < -0.3 is 15.2 Å². The van der Waals surface area contributed by atoms with Crippen molar-refractivity contribution in [2.45, 2.75) is 26.0 Å². The number of ether oxygens (including phenoxy) is 1. The summed E-state index contributed by atoms with van der Waals surface area (Å²) >= 11 is 0. The molecule has 19 heavy (non-hydrogen) atoms. The fraction of sp³-hybridized carbons (Fsp3) is 0.571. The third-order valence-corrected chi connectivity index (χ3v) is 3.02. The Morgan fingerprint density at radius 3 is 2.58 bits per heavy atom. The van der Waals surface area contributed by atoms with Crippen LogP contribution in [0.15, 0.2) is 18.2 Å². The van der Waals surface area contributed by atoms with Crippen LogP contribution in [0.4, 0.5) is 8.78 Å². The third-order valence-electron chi connectivity index (χ3n) is 3.02. The van der Waals surface area contributed by atoms with E-state index in [1.54, 1.807) is 7.11 Å². The normalized spacial score (nSPS) is 14.7. The quantitative estimate of drug-likeness (QED) is 0.749. The monoisotopic (exact) mass is 273 g/mol. The molecular weight excluding hydrogens is 252 g/mol. The van der Waals surface area contributed by atoms with Crippen LogP contribution >= 0.6 is 0 Å². The third kappa shape index (κ3) is 4.53. The second kappa shape index (κ2) is 7.53. The van der Waals surface area contributed by atoms with E-state index < -0.39 is 17.7 Å². The molecule has 0 saturated carbocycles. The molecule has 2 atom stereocenters. The molecule has 1 aromatic rings. The van der Waals surface area contributed by atoms with E-state index in [0.29, 0.717) is 13.2 Å². The summed E-state index contributed by atoms with van der Waals surface area (Å²) in [7, 11) is 1.58. The Morgan fingerprint density at radius 2 is 2.00 bits per heavy atom. The molecule has 0 radical (unpaired) electrons. The topological polar surface area (TPSA) is 41.5 Å². The molecular formula is C14H21F2NO2. The predicted molar refractivity (Wildman–Crippen MR) is 69.8 cm³/mol. The van der Waals surface area contributed by atoms with Crippen molar-refractivity contribution in [1.82, 2.24) is 5.32 Å². The van der Waals surface area contributed by atoms with Crippen molar-refractivity contribution in [1.29, 1.82) is 0 Å². The Bertz CT molecular complexity index is 399. The van der Waals surface area contributed by atoms with Crippen molar-refractivity contribution in [2.24, 2.45) is 5.92 Å². The molecule has 0 heterocycles. The van der Waals surface area contributed by atoms with Gasteiger partial charge in [0.15, 0.2) is 0 Å². The zero-order chi connectivity index (χ0) is 14.4. The lowest BCUT2D eigenvalue weighted by Crippen LogP contribution is -2.41. The lowest BCUT2D eigenvalue weighted by atomic mass is 9.93. The lowest BCUT2D eigenvalue weighted by Gasteiger charge is -2.28. The van der Waals surface area contributed by atoms with Crippen LogP contribution in [0.2, 0.25) is 0 Å². The van der Waals surface area contributed by atoms with Gasteiger partial charge in [-0.25, -0.2) is 8.78 Å². The molecule has 108 valence electrons. The number of rotatable bonds is 7. The summed E-state index contributed by atoms with van der Waals surface area (Å²) in [6.45, 7) is 4.84. The standard InChI is InChI=1S/C14H21F2NO2/c1-9(2)13(17-6-7-19-3)14(18)11-8-10(15)4-5-12(11)16/h4-5,8-9,13-14,17-18H,6-7H2,1-3H3. The summed E-state index contributed by atoms with van der Waals surface area (Å²) in [4.78, 5) is 0. The first kappa shape index (κ1) is 16.0. The second-order valence-corrected chi connectivity index (χ2v) is 4.83. The number of nitrogens with one attached hydrogen (secondary N) is 1. The minimum atomic E-state index is -1.10. The molecule has 0 bridgehead atoms. The fourth-order valence-corrected chi connectivity index (χ4v) is 1.97. The average molecular weight is 273 g/mol. The van der Waals surface area contributed by atoms with Crippen LogP contribution < -0.4 is 5.32 Å². The minimum absolute atomic E-state index is 0.0244. The van der Waals surface area contributed by atoms with Crippen LogP contribution in [-0.4, -0.2) is 31.4 Å². The van der Waals surface area contributed by atoms with E-state index in [2.05, 4.69) is 5.32 Å². The molecule has 1 rings (SSSR count). The smallest absolute Gasteiger partial charge is 0.129 e. The Hall–Kier alpha value is -1.04. The van der Waals surface area contributed by atoms with E-state index in [1.165, 1.54) is 0 Å². The van der Waals surface area contributed by atoms with Crippen LogP contribution in [-0.2, 0) is 4.74 Å². The van der Waals surface area contributed by atoms with Crippen LogP contribution in [0, 0.1) is 17.6 Å². The van der Waals surface area contributed by atoms with Gasteiger partial charge >= 0.3 is 0 Å². The van der Waals surface area contributed by atoms with E-state index in [4.69, 9.17) is 4.74 Å². The van der Waals surface area contributed by atoms with Crippen LogP contribution in [0.25, 0.3) is 0 Å². The molecule has 0 amide bonds. The van der Waals surface area contributed by atoms with Gasteiger partial charge in [-0.15, -0.1) is 0 Å². The van der Waals surface area contributed by atoms with Crippen molar-refractivity contribution >= 4 is 0 Å². The van der Waals surface area contributed by atoms with Gasteiger partial charge in [0.2, 0.25) is 0 Å². The summed E-state index contributed by atoms with van der Waals surface area (Å²) in [5, 5.41) is 13.3. The van der Waals surface area contributed by atoms with Crippen molar-refractivity contribution < 1.29 is 18.6 Å². The molecule has 2 N–H and O–H groups in total. The maximum absolute atomic E-state index is 13.7. The van der Waals surface area contributed by atoms with Crippen LogP contribution in [0.3, 0.4) is 0 Å². The van der Waals surface area contributed by atoms with E-state index in [9.17, 15) is 13.9 Å². The Balaban J connectivity index is 2.86. The molecule has 0 spiro atoms.